The van der Waals surface area contributed by atoms with Gasteiger partial charge in [-0.25, -0.2) is 0 Å². The van der Waals surface area contributed by atoms with Gasteiger partial charge in [0.25, 0.3) is 0 Å². The van der Waals surface area contributed by atoms with Crippen LogP contribution in [0.25, 0.3) is 0 Å². The summed E-state index contributed by atoms with van der Waals surface area (Å²) in [5, 5.41) is 11.7. The number of phenolic OH excluding ortho intramolecular Hbond substituents is 1. The number of aromatic amines is 1. The molecule has 1 aromatic heterocycles. The number of amides is 2. The molecule has 2 aliphatic carbocycles. The Kier molecular flexibility index (Phi) is 4.28. The van der Waals surface area contributed by atoms with Crippen LogP contribution in [-0.2, 0) is 9.59 Å². The molecule has 2 bridgehead atoms. The smallest absolute Gasteiger partial charge is 0.305 e. The van der Waals surface area contributed by atoms with Crippen molar-refractivity contribution in [2.24, 2.45) is 29.6 Å². The summed E-state index contributed by atoms with van der Waals surface area (Å²) >= 11 is 2.86. The number of imide groups is 1. The lowest BCUT2D eigenvalue weighted by Crippen LogP contribution is -2.42. The number of carbonyl (C=O) groups excluding carboxylic acids is 2. The minimum Gasteiger partial charge on any atom is -0.508 e. The van der Waals surface area contributed by atoms with E-state index in [2.05, 4.69) is 4.98 Å². The number of rotatable bonds is 2. The van der Waals surface area contributed by atoms with Crippen LogP contribution >= 0.6 is 23.1 Å². The van der Waals surface area contributed by atoms with E-state index in [-0.39, 0.29) is 63.2 Å². The minimum absolute atomic E-state index is 0.0364. The van der Waals surface area contributed by atoms with Crippen LogP contribution in [0.1, 0.15) is 28.3 Å². The Morgan fingerprint density at radius 3 is 2.41 bits per heavy atom. The van der Waals surface area contributed by atoms with Gasteiger partial charge in [-0.1, -0.05) is 47.2 Å². The number of benzene rings is 2. The van der Waals surface area contributed by atoms with Gasteiger partial charge in [-0.05, 0) is 49.3 Å². The summed E-state index contributed by atoms with van der Waals surface area (Å²) in [5.41, 5.74) is 2.52. The fourth-order valence-electron chi connectivity index (χ4n) is 7.06. The minimum atomic E-state index is -0.341. The third-order valence-electron chi connectivity index (χ3n) is 8.29. The molecule has 0 unspecified atom stereocenters. The fraction of sp³-hybridized carbons (Fsp3) is 0.346. The van der Waals surface area contributed by atoms with Crippen molar-refractivity contribution in [1.29, 1.82) is 0 Å². The SMILES string of the molecule is Cc1ccc(N2C(=O)[C@@H]3[C@H]4C[C@@H]([C@@H]3C2=O)[C@H]2[C@@H](c3ccccc3O)c3sc(=O)[nH]c3S[C@H]42)cc1. The summed E-state index contributed by atoms with van der Waals surface area (Å²) in [5.74, 6) is -0.615. The number of H-pyrrole nitrogens is 1. The van der Waals surface area contributed by atoms with Crippen LogP contribution < -0.4 is 9.77 Å². The number of carbonyl (C=O) groups is 2. The Labute approximate surface area is 204 Å². The normalized spacial score (nSPS) is 33.2. The molecule has 3 heterocycles. The Morgan fingerprint density at radius 1 is 0.971 bits per heavy atom. The maximum atomic E-state index is 13.7. The van der Waals surface area contributed by atoms with Crippen LogP contribution in [0.4, 0.5) is 5.69 Å². The molecule has 3 fully saturated rings. The average molecular weight is 491 g/mol. The number of nitrogens with one attached hydrogen (secondary N) is 1. The Hall–Kier alpha value is -2.84. The molecule has 7 rings (SSSR count). The molecular weight excluding hydrogens is 468 g/mol. The van der Waals surface area contributed by atoms with Crippen molar-refractivity contribution in [3.8, 4) is 5.75 Å². The van der Waals surface area contributed by atoms with Gasteiger partial charge < -0.3 is 10.1 Å². The second-order valence-corrected chi connectivity index (χ2v) is 12.1. The van der Waals surface area contributed by atoms with Gasteiger partial charge in [-0.2, -0.15) is 0 Å². The van der Waals surface area contributed by atoms with Crippen molar-refractivity contribution in [2.45, 2.75) is 29.5 Å². The number of aromatic nitrogens is 1. The molecule has 7 atom stereocenters. The molecule has 4 aliphatic rings. The number of thiazole rings is 1. The first-order valence-electron chi connectivity index (χ1n) is 11.6. The van der Waals surface area contributed by atoms with Crippen molar-refractivity contribution in [1.82, 2.24) is 4.98 Å². The van der Waals surface area contributed by atoms with E-state index in [1.165, 1.54) is 16.2 Å². The summed E-state index contributed by atoms with van der Waals surface area (Å²) in [6, 6.07) is 14.9. The summed E-state index contributed by atoms with van der Waals surface area (Å²) in [6.45, 7) is 1.98. The average Bonchev–Trinajstić information content (AvgIpc) is 3.54. The van der Waals surface area contributed by atoms with Crippen LogP contribution in [0, 0.1) is 36.5 Å². The van der Waals surface area contributed by atoms with E-state index in [4.69, 9.17) is 0 Å². The number of aromatic hydroxyl groups is 1. The van der Waals surface area contributed by atoms with Gasteiger partial charge >= 0.3 is 4.87 Å². The highest BCUT2D eigenvalue weighted by Gasteiger charge is 2.69. The summed E-state index contributed by atoms with van der Waals surface area (Å²) in [7, 11) is 0. The predicted octanol–water partition coefficient (Wildman–Crippen LogP) is 4.13. The van der Waals surface area contributed by atoms with E-state index < -0.39 is 0 Å². The molecule has 6 nitrogen and oxygen atoms in total. The maximum Gasteiger partial charge on any atom is 0.305 e. The zero-order chi connectivity index (χ0) is 23.3. The first kappa shape index (κ1) is 20.5. The van der Waals surface area contributed by atoms with E-state index >= 15 is 0 Å². The van der Waals surface area contributed by atoms with Gasteiger partial charge in [-0.15, -0.1) is 11.8 Å². The summed E-state index contributed by atoms with van der Waals surface area (Å²) in [4.78, 5) is 44.8. The van der Waals surface area contributed by atoms with Crippen molar-refractivity contribution in [3.05, 3.63) is 74.2 Å². The lowest BCUT2D eigenvalue weighted by atomic mass is 9.68. The zero-order valence-corrected chi connectivity index (χ0v) is 19.9. The van der Waals surface area contributed by atoms with Crippen LogP contribution in [-0.4, -0.2) is 27.2 Å². The van der Waals surface area contributed by atoms with Crippen LogP contribution in [0.15, 0.2) is 58.4 Å². The molecule has 0 radical (unpaired) electrons. The van der Waals surface area contributed by atoms with Gasteiger partial charge in [0.05, 0.1) is 22.5 Å². The standard InChI is InChI=1S/C26H22N2O4S2/c1-11-6-8-12(9-7-11)28-24(30)19-14-10-15(20(19)25(28)31)21-18(14)17(13-4-2-3-5-16(13)29)22-23(33-21)27-26(32)34-22/h2-9,14-15,17-21,29H,10H2,1H3,(H,27,32)/t14-,15-,17-,18+,19+,20-,21-/m1/s1. The molecule has 3 aromatic rings. The zero-order valence-electron chi connectivity index (χ0n) is 18.3. The third kappa shape index (κ3) is 2.61. The van der Waals surface area contributed by atoms with Crippen molar-refractivity contribution >= 4 is 40.6 Å². The van der Waals surface area contributed by atoms with E-state index in [0.717, 1.165) is 27.5 Å². The number of anilines is 1. The molecule has 2 saturated carbocycles. The number of hydrogen-bond donors (Lipinski definition) is 2. The van der Waals surface area contributed by atoms with E-state index in [9.17, 15) is 19.5 Å². The number of para-hydroxylation sites is 1. The van der Waals surface area contributed by atoms with Crippen LogP contribution in [0.2, 0.25) is 0 Å². The third-order valence-corrected chi connectivity index (χ3v) is 10.9. The van der Waals surface area contributed by atoms with E-state index in [1.807, 2.05) is 43.3 Å². The van der Waals surface area contributed by atoms with Gasteiger partial charge in [0.15, 0.2) is 0 Å². The van der Waals surface area contributed by atoms with Gasteiger partial charge in [0.1, 0.15) is 5.75 Å². The number of aryl methyl sites for hydroxylation is 1. The second-order valence-electron chi connectivity index (χ2n) is 9.87. The van der Waals surface area contributed by atoms with Gasteiger partial charge in [0.2, 0.25) is 11.8 Å². The van der Waals surface area contributed by atoms with Crippen LogP contribution in [0.3, 0.4) is 0 Å². The van der Waals surface area contributed by atoms with Crippen molar-refractivity contribution < 1.29 is 14.7 Å². The topological polar surface area (TPSA) is 90.5 Å². The first-order chi connectivity index (χ1) is 16.4. The highest BCUT2D eigenvalue weighted by Crippen LogP contribution is 2.69. The monoisotopic (exact) mass is 490 g/mol. The Balaban J connectivity index is 1.34. The quantitative estimate of drug-likeness (QED) is 0.527. The molecule has 2 amide bonds. The van der Waals surface area contributed by atoms with Gasteiger partial charge in [0, 0.05) is 21.6 Å². The van der Waals surface area contributed by atoms with Crippen LogP contribution in [0.5, 0.6) is 5.75 Å². The van der Waals surface area contributed by atoms with Crippen molar-refractivity contribution in [2.75, 3.05) is 4.90 Å². The number of phenols is 1. The predicted molar refractivity (Wildman–Crippen MR) is 130 cm³/mol. The number of nitrogens with zero attached hydrogens (tertiary/aromatic N) is 1. The molecule has 34 heavy (non-hydrogen) atoms. The molecular formula is C26H22N2O4S2. The van der Waals surface area contributed by atoms with Gasteiger partial charge in [-0.3, -0.25) is 19.3 Å². The van der Waals surface area contributed by atoms with E-state index in [1.54, 1.807) is 23.9 Å². The lowest BCUT2D eigenvalue weighted by molar-refractivity contribution is -0.123. The second kappa shape index (κ2) is 7.09. The van der Waals surface area contributed by atoms with E-state index in [0.29, 0.717) is 5.69 Å². The Morgan fingerprint density at radius 2 is 1.68 bits per heavy atom. The highest BCUT2D eigenvalue weighted by atomic mass is 32.2. The Bertz CT molecular complexity index is 1410. The fourth-order valence-corrected chi connectivity index (χ4v) is 9.94. The molecule has 172 valence electrons. The molecule has 8 heteroatoms. The molecule has 0 spiro atoms. The number of hydrogen-bond acceptors (Lipinski definition) is 6. The van der Waals surface area contributed by atoms with Crippen molar-refractivity contribution in [3.63, 3.8) is 0 Å². The largest absolute Gasteiger partial charge is 0.508 e. The first-order valence-corrected chi connectivity index (χ1v) is 13.3. The molecule has 2 aromatic carbocycles. The summed E-state index contributed by atoms with van der Waals surface area (Å²) < 4.78 is 0. The number of thioether (sulfide) groups is 1. The maximum absolute atomic E-state index is 13.7. The lowest BCUT2D eigenvalue weighted by Gasteiger charge is -2.43. The highest BCUT2D eigenvalue weighted by molar-refractivity contribution is 8.00. The summed E-state index contributed by atoms with van der Waals surface area (Å²) in [6.07, 6.45) is 0.833. The molecule has 2 aliphatic heterocycles. The number of fused-ring (bicyclic) bond motifs is 9. The molecule has 1 saturated heterocycles. The molecule has 2 N–H and O–H groups in total.